The zero-order valence-electron chi connectivity index (χ0n) is 27.3. The fourth-order valence-corrected chi connectivity index (χ4v) is 8.22. The third-order valence-corrected chi connectivity index (χ3v) is 10.8. The van der Waals surface area contributed by atoms with Crippen molar-refractivity contribution in [3.05, 3.63) is 199 Å². The van der Waals surface area contributed by atoms with Crippen molar-refractivity contribution in [1.82, 2.24) is 4.57 Å². The Balaban J connectivity index is 1.10. The molecule has 0 radical (unpaired) electrons. The number of fused-ring (bicyclic) bond motifs is 6. The van der Waals surface area contributed by atoms with Gasteiger partial charge in [-0.2, -0.15) is 0 Å². The molecule has 2 nitrogen and oxygen atoms in total. The van der Waals surface area contributed by atoms with Gasteiger partial charge in [-0.05, 0) is 69.8 Å². The van der Waals surface area contributed by atoms with E-state index < -0.39 is 0 Å². The summed E-state index contributed by atoms with van der Waals surface area (Å²) >= 11 is 1.83. The zero-order valence-corrected chi connectivity index (χ0v) is 28.1. The van der Waals surface area contributed by atoms with E-state index in [1.165, 1.54) is 58.7 Å². The molecule has 0 aliphatic rings. The summed E-state index contributed by atoms with van der Waals surface area (Å²) in [4.78, 5) is 0. The summed E-state index contributed by atoms with van der Waals surface area (Å²) in [5.74, 6) is 0. The summed E-state index contributed by atoms with van der Waals surface area (Å²) in [6.07, 6.45) is 6.36. The molecule has 0 atom stereocenters. The molecule has 236 valence electrons. The number of aromatic nitrogens is 1. The quantitative estimate of drug-likeness (QED) is 0.131. The molecule has 0 spiro atoms. The third kappa shape index (κ3) is 5.35. The van der Waals surface area contributed by atoms with E-state index in [-0.39, 0.29) is 0 Å². The lowest BCUT2D eigenvalue weighted by molar-refractivity contribution is 1.18. The van der Waals surface area contributed by atoms with Crippen LogP contribution in [0.5, 0.6) is 0 Å². The highest BCUT2D eigenvalue weighted by molar-refractivity contribution is 7.26. The summed E-state index contributed by atoms with van der Waals surface area (Å²) in [5.41, 5.74) is 10.4. The Bertz CT molecular complexity index is 2690. The molecule has 7 aromatic carbocycles. The summed E-state index contributed by atoms with van der Waals surface area (Å²) in [6, 6.07) is 59.8. The fraction of sp³-hybridized carbons (Fsp3) is 0. The van der Waals surface area contributed by atoms with E-state index in [0.717, 1.165) is 22.4 Å². The SMILES string of the molecule is N=C(/C=C(\C=C\c1cccc2c1sc1ccccc12)c1ccc(-c2ccccc2)cc1)c1ccc(-n2c3ccccc3c3ccccc32)cc1. The molecule has 9 aromatic rings. The standard InChI is InChI=1S/C47H32N2S/c48-43(35-27-29-38(30-28-35)49-44-18-7-4-14-39(44)40-15-5-8-19-45(40)49)31-37(34-23-21-33(22-24-34)32-11-2-1-3-12-32)26-25-36-13-10-17-42-41-16-6-9-20-46(41)50-47(36)42/h1-31,48H/b26-25+,37-31+,48-43?. The van der Waals surface area contributed by atoms with Crippen LogP contribution in [0.15, 0.2) is 182 Å². The Hall–Kier alpha value is -6.29. The van der Waals surface area contributed by atoms with Crippen LogP contribution in [0.4, 0.5) is 0 Å². The number of hydrogen-bond acceptors (Lipinski definition) is 2. The van der Waals surface area contributed by atoms with Crippen molar-refractivity contribution in [2.45, 2.75) is 0 Å². The molecule has 2 heterocycles. The first-order valence-electron chi connectivity index (χ1n) is 16.8. The number of rotatable bonds is 7. The van der Waals surface area contributed by atoms with Crippen molar-refractivity contribution in [2.75, 3.05) is 0 Å². The number of hydrogen-bond donors (Lipinski definition) is 1. The van der Waals surface area contributed by atoms with E-state index in [2.05, 4.69) is 181 Å². The molecule has 0 amide bonds. The maximum absolute atomic E-state index is 9.27. The second-order valence-electron chi connectivity index (χ2n) is 12.5. The van der Waals surface area contributed by atoms with E-state index in [9.17, 15) is 5.41 Å². The van der Waals surface area contributed by atoms with Gasteiger partial charge in [0.15, 0.2) is 0 Å². The van der Waals surface area contributed by atoms with Crippen LogP contribution in [0.1, 0.15) is 16.7 Å². The molecular formula is C47H32N2S. The Labute approximate surface area is 295 Å². The maximum atomic E-state index is 9.27. The fourth-order valence-electron chi connectivity index (χ4n) is 7.02. The third-order valence-electron chi connectivity index (χ3n) is 9.52. The van der Waals surface area contributed by atoms with Crippen molar-refractivity contribution in [3.63, 3.8) is 0 Å². The average Bonchev–Trinajstić information content (AvgIpc) is 3.73. The number of nitrogens with zero attached hydrogens (tertiary/aromatic N) is 1. The number of para-hydroxylation sites is 2. The predicted molar refractivity (Wildman–Crippen MR) is 216 cm³/mol. The topological polar surface area (TPSA) is 28.8 Å². The normalized spacial score (nSPS) is 12.1. The van der Waals surface area contributed by atoms with E-state index in [0.29, 0.717) is 5.71 Å². The molecule has 1 N–H and O–H groups in total. The van der Waals surface area contributed by atoms with Crippen molar-refractivity contribution in [1.29, 1.82) is 5.41 Å². The first-order valence-corrected chi connectivity index (χ1v) is 17.7. The monoisotopic (exact) mass is 656 g/mol. The minimum absolute atomic E-state index is 0.464. The number of nitrogens with one attached hydrogen (secondary N) is 1. The van der Waals surface area contributed by atoms with Crippen LogP contribution in [0.3, 0.4) is 0 Å². The van der Waals surface area contributed by atoms with Crippen LogP contribution in [0.25, 0.3) is 70.4 Å². The van der Waals surface area contributed by atoms with Gasteiger partial charge in [-0.15, -0.1) is 11.3 Å². The highest BCUT2D eigenvalue weighted by atomic mass is 32.1. The number of allylic oxidation sites excluding steroid dienone is 3. The molecule has 0 bridgehead atoms. The molecule has 0 aliphatic heterocycles. The largest absolute Gasteiger partial charge is 0.309 e. The molecule has 0 aliphatic carbocycles. The molecule has 3 heteroatoms. The molecule has 0 saturated heterocycles. The second-order valence-corrected chi connectivity index (χ2v) is 13.6. The van der Waals surface area contributed by atoms with Crippen LogP contribution in [0, 0.1) is 5.41 Å². The minimum atomic E-state index is 0.464. The maximum Gasteiger partial charge on any atom is 0.0618 e. The van der Waals surface area contributed by atoms with Gasteiger partial charge in [0.25, 0.3) is 0 Å². The molecule has 2 aromatic heterocycles. The van der Waals surface area contributed by atoms with Crippen molar-refractivity contribution in [3.8, 4) is 16.8 Å². The summed E-state index contributed by atoms with van der Waals surface area (Å²) in [7, 11) is 0. The van der Waals surface area contributed by atoms with Crippen LogP contribution in [-0.2, 0) is 0 Å². The molecular weight excluding hydrogens is 625 g/mol. The van der Waals surface area contributed by atoms with E-state index >= 15 is 0 Å². The van der Waals surface area contributed by atoms with Crippen LogP contribution >= 0.6 is 11.3 Å². The Kier molecular flexibility index (Phi) is 7.53. The lowest BCUT2D eigenvalue weighted by Crippen LogP contribution is -1.99. The summed E-state index contributed by atoms with van der Waals surface area (Å²) < 4.78 is 4.88. The van der Waals surface area contributed by atoms with Crippen LogP contribution < -0.4 is 0 Å². The Morgan fingerprint density at radius 1 is 0.500 bits per heavy atom. The summed E-state index contributed by atoms with van der Waals surface area (Å²) in [6.45, 7) is 0. The molecule has 0 fully saturated rings. The zero-order chi connectivity index (χ0) is 33.4. The lowest BCUT2D eigenvalue weighted by atomic mass is 9.97. The smallest absolute Gasteiger partial charge is 0.0618 e. The molecule has 9 rings (SSSR count). The molecule has 50 heavy (non-hydrogen) atoms. The number of thiophene rings is 1. The number of benzene rings is 7. The Morgan fingerprint density at radius 3 is 1.80 bits per heavy atom. The van der Waals surface area contributed by atoms with Gasteiger partial charge >= 0.3 is 0 Å². The van der Waals surface area contributed by atoms with Gasteiger partial charge in [0.1, 0.15) is 0 Å². The van der Waals surface area contributed by atoms with Gasteiger partial charge in [0.2, 0.25) is 0 Å². The molecule has 0 saturated carbocycles. The summed E-state index contributed by atoms with van der Waals surface area (Å²) in [5, 5.41) is 14.3. The van der Waals surface area contributed by atoms with Crippen molar-refractivity contribution in [2.24, 2.45) is 0 Å². The van der Waals surface area contributed by atoms with Crippen LogP contribution in [-0.4, -0.2) is 10.3 Å². The first kappa shape index (κ1) is 29.8. The highest BCUT2D eigenvalue weighted by Gasteiger charge is 2.12. The van der Waals surface area contributed by atoms with E-state index in [1.54, 1.807) is 0 Å². The van der Waals surface area contributed by atoms with Crippen molar-refractivity contribution >= 4 is 70.7 Å². The van der Waals surface area contributed by atoms with Gasteiger partial charge in [-0.25, -0.2) is 0 Å². The van der Waals surface area contributed by atoms with Gasteiger partial charge < -0.3 is 9.98 Å². The van der Waals surface area contributed by atoms with Crippen molar-refractivity contribution < 1.29 is 0 Å². The van der Waals surface area contributed by atoms with E-state index in [4.69, 9.17) is 0 Å². The van der Waals surface area contributed by atoms with Crippen LogP contribution in [0.2, 0.25) is 0 Å². The van der Waals surface area contributed by atoms with Gasteiger partial charge in [0.05, 0.1) is 16.7 Å². The lowest BCUT2D eigenvalue weighted by Gasteiger charge is -2.10. The van der Waals surface area contributed by atoms with Gasteiger partial charge in [-0.1, -0.05) is 152 Å². The van der Waals surface area contributed by atoms with Gasteiger partial charge in [-0.3, -0.25) is 0 Å². The minimum Gasteiger partial charge on any atom is -0.309 e. The highest BCUT2D eigenvalue weighted by Crippen LogP contribution is 2.37. The average molecular weight is 657 g/mol. The predicted octanol–water partition coefficient (Wildman–Crippen LogP) is 13.0. The van der Waals surface area contributed by atoms with E-state index in [1.807, 2.05) is 23.5 Å². The Morgan fingerprint density at radius 2 is 1.08 bits per heavy atom. The first-order chi connectivity index (χ1) is 24.7. The van der Waals surface area contributed by atoms with Gasteiger partial charge in [0, 0.05) is 36.6 Å². The second kappa shape index (κ2) is 12.6. The molecule has 0 unspecified atom stereocenters.